The molecule has 0 bridgehead atoms. The number of ether oxygens (including phenoxy) is 2. The van der Waals surface area contributed by atoms with Crippen LogP contribution < -0.4 is 5.32 Å². The molecule has 3 N–H and O–H groups in total. The monoisotopic (exact) mass is 449 g/mol. The molecule has 3 aromatic carbocycles. The number of hydrogen-bond donors (Lipinski definition) is 3. The van der Waals surface area contributed by atoms with Crippen molar-refractivity contribution in [2.45, 2.75) is 36.6 Å². The second-order valence-electron chi connectivity index (χ2n) is 8.75. The van der Waals surface area contributed by atoms with Gasteiger partial charge in [0.05, 0.1) is 0 Å². The highest BCUT2D eigenvalue weighted by Crippen LogP contribution is 2.76. The number of amides is 1. The topological polar surface area (TPSA) is 91.3 Å². The van der Waals surface area contributed by atoms with E-state index >= 15 is 0 Å². The number of rotatable bonds is 5. The Hall–Kier alpha value is -3.10. The van der Waals surface area contributed by atoms with E-state index in [-0.39, 0.29) is 5.56 Å². The van der Waals surface area contributed by atoms with Gasteiger partial charge >= 0.3 is 0 Å². The van der Waals surface area contributed by atoms with Gasteiger partial charge in [-0.3, -0.25) is 4.79 Å². The van der Waals surface area contributed by atoms with Gasteiger partial charge in [-0.25, -0.2) is 4.39 Å². The molecule has 3 aromatic rings. The van der Waals surface area contributed by atoms with E-state index in [2.05, 4.69) is 5.32 Å². The summed E-state index contributed by atoms with van der Waals surface area (Å²) in [6.45, 7) is 3.34. The van der Waals surface area contributed by atoms with Crippen molar-refractivity contribution < 1.29 is 28.9 Å². The number of benzene rings is 3. The molecule has 33 heavy (non-hydrogen) atoms. The van der Waals surface area contributed by atoms with E-state index in [9.17, 15) is 19.4 Å². The van der Waals surface area contributed by atoms with Crippen LogP contribution in [0.3, 0.4) is 0 Å². The quantitative estimate of drug-likeness (QED) is 0.518. The lowest BCUT2D eigenvalue weighted by atomic mass is 9.74. The summed E-state index contributed by atoms with van der Waals surface area (Å²) in [4.78, 5) is 13.8. The molecule has 1 amide bonds. The van der Waals surface area contributed by atoms with E-state index in [1.807, 2.05) is 6.07 Å². The summed E-state index contributed by atoms with van der Waals surface area (Å²) in [5.74, 6) is -6.30. The maximum absolute atomic E-state index is 13.8. The number of fused-ring (bicyclic) bond motifs is 1. The Labute approximate surface area is 190 Å². The Bertz CT molecular complexity index is 1190. The summed E-state index contributed by atoms with van der Waals surface area (Å²) in [5, 5.41) is 26.6. The van der Waals surface area contributed by atoms with Crippen molar-refractivity contribution in [3.05, 3.63) is 102 Å². The number of hydrogen-bond acceptors (Lipinski definition) is 5. The molecule has 0 aromatic heterocycles. The minimum atomic E-state index is -2.28. The summed E-state index contributed by atoms with van der Waals surface area (Å²) >= 11 is 0. The van der Waals surface area contributed by atoms with E-state index in [0.29, 0.717) is 11.3 Å². The molecule has 170 valence electrons. The molecule has 0 aliphatic carbocycles. The molecular formula is C26H24FNO5. The predicted octanol–water partition coefficient (Wildman–Crippen LogP) is 3.65. The number of anilines is 1. The van der Waals surface area contributed by atoms with Crippen molar-refractivity contribution in [2.75, 3.05) is 5.32 Å². The average Bonchev–Trinajstić information content (AvgIpc) is 3.50. The summed E-state index contributed by atoms with van der Waals surface area (Å²) in [5.41, 5.74) is -2.67. The Balaban J connectivity index is 1.73. The third kappa shape index (κ3) is 2.71. The molecule has 0 spiro atoms. The number of carbonyl (C=O) groups excluding carboxylic acids is 1. The first-order chi connectivity index (χ1) is 15.7. The van der Waals surface area contributed by atoms with E-state index in [0.717, 1.165) is 0 Å². The van der Waals surface area contributed by atoms with E-state index < -0.39 is 40.4 Å². The molecule has 2 aliphatic heterocycles. The van der Waals surface area contributed by atoms with E-state index in [1.54, 1.807) is 68.4 Å². The molecular weight excluding hydrogens is 425 g/mol. The van der Waals surface area contributed by atoms with Gasteiger partial charge in [-0.15, -0.1) is 0 Å². The minimum Gasteiger partial charge on any atom is -0.362 e. The number of halogens is 1. The third-order valence-corrected chi connectivity index (χ3v) is 6.60. The Morgan fingerprint density at radius 2 is 1.42 bits per heavy atom. The van der Waals surface area contributed by atoms with Crippen molar-refractivity contribution in [1.82, 2.24) is 0 Å². The zero-order valence-corrected chi connectivity index (χ0v) is 18.2. The van der Waals surface area contributed by atoms with Gasteiger partial charge in [0.15, 0.2) is 5.60 Å². The predicted molar refractivity (Wildman–Crippen MR) is 118 cm³/mol. The van der Waals surface area contributed by atoms with Crippen molar-refractivity contribution >= 4 is 11.6 Å². The van der Waals surface area contributed by atoms with Gasteiger partial charge in [-0.05, 0) is 29.8 Å². The molecule has 0 unspecified atom stereocenters. The second-order valence-corrected chi connectivity index (χ2v) is 8.75. The van der Waals surface area contributed by atoms with Crippen LogP contribution in [0.15, 0.2) is 84.9 Å². The Morgan fingerprint density at radius 3 is 2.00 bits per heavy atom. The lowest BCUT2D eigenvalue weighted by Crippen LogP contribution is -2.56. The highest BCUT2D eigenvalue weighted by molar-refractivity contribution is 6.02. The van der Waals surface area contributed by atoms with Crippen LogP contribution in [0, 0.1) is 11.7 Å². The molecule has 6 nitrogen and oxygen atoms in total. The maximum atomic E-state index is 13.8. The van der Waals surface area contributed by atoms with E-state index in [4.69, 9.17) is 9.47 Å². The highest BCUT2D eigenvalue weighted by Gasteiger charge is 2.97. The number of para-hydroxylation sites is 1. The molecule has 5 rings (SSSR count). The molecule has 2 heterocycles. The van der Waals surface area contributed by atoms with Crippen molar-refractivity contribution in [1.29, 1.82) is 0 Å². The number of nitrogens with one attached hydrogen (secondary N) is 1. The molecule has 2 aliphatic rings. The standard InChI is InChI=1S/C26H24FNO5/c1-17(2)25(30)24(22(29)28-21-11-7-4-8-12-21)23(32-24,18-9-5-3-6-10-18)26(31,33-25)19-13-15-20(27)16-14-19/h3-17,30-31H,1-2H3,(H,28,29)/t23-,24-,25+,26+/m1/s1. The van der Waals surface area contributed by atoms with Crippen LogP contribution in [-0.2, 0) is 25.7 Å². The summed E-state index contributed by atoms with van der Waals surface area (Å²) in [6, 6.07) is 22.5. The zero-order chi connectivity index (χ0) is 23.5. The van der Waals surface area contributed by atoms with Gasteiger partial charge in [0, 0.05) is 17.2 Å². The van der Waals surface area contributed by atoms with Crippen LogP contribution in [0.4, 0.5) is 10.1 Å². The second kappa shape index (κ2) is 7.20. The zero-order valence-electron chi connectivity index (χ0n) is 18.2. The number of epoxide rings is 1. The van der Waals surface area contributed by atoms with Crippen molar-refractivity contribution in [3.8, 4) is 0 Å². The average molecular weight is 449 g/mol. The first kappa shape index (κ1) is 21.7. The molecule has 2 saturated heterocycles. The van der Waals surface area contributed by atoms with Gasteiger partial charge in [-0.1, -0.05) is 74.5 Å². The van der Waals surface area contributed by atoms with Crippen LogP contribution in [0.5, 0.6) is 0 Å². The fraction of sp³-hybridized carbons (Fsp3) is 0.269. The van der Waals surface area contributed by atoms with Crippen LogP contribution in [0.1, 0.15) is 25.0 Å². The summed E-state index contributed by atoms with van der Waals surface area (Å²) in [6.07, 6.45) is 0. The summed E-state index contributed by atoms with van der Waals surface area (Å²) in [7, 11) is 0. The van der Waals surface area contributed by atoms with Crippen molar-refractivity contribution in [3.63, 3.8) is 0 Å². The van der Waals surface area contributed by atoms with Crippen LogP contribution in [0.25, 0.3) is 0 Å². The molecule has 0 saturated carbocycles. The Kier molecular flexibility index (Phi) is 4.74. The van der Waals surface area contributed by atoms with Gasteiger partial charge in [0.2, 0.25) is 17.2 Å². The lowest BCUT2D eigenvalue weighted by molar-refractivity contribution is -0.366. The lowest BCUT2D eigenvalue weighted by Gasteiger charge is -2.37. The molecule has 0 radical (unpaired) electrons. The largest absolute Gasteiger partial charge is 0.362 e. The smallest absolute Gasteiger partial charge is 0.266 e. The third-order valence-electron chi connectivity index (χ3n) is 6.60. The number of carbonyl (C=O) groups is 1. The SMILES string of the molecule is CC(C)[C@]1(O)O[C@@](O)(c2ccc(F)cc2)[C@]2(c3ccccc3)O[C@]21C(=O)Nc1ccccc1. The number of aliphatic hydroxyl groups is 2. The highest BCUT2D eigenvalue weighted by atomic mass is 19.1. The first-order valence-electron chi connectivity index (χ1n) is 10.7. The van der Waals surface area contributed by atoms with Gasteiger partial charge in [0.25, 0.3) is 5.91 Å². The first-order valence-corrected chi connectivity index (χ1v) is 10.7. The molecule has 7 heteroatoms. The maximum Gasteiger partial charge on any atom is 0.266 e. The van der Waals surface area contributed by atoms with Crippen LogP contribution in [0.2, 0.25) is 0 Å². The van der Waals surface area contributed by atoms with Gasteiger partial charge < -0.3 is 25.0 Å². The molecule has 4 atom stereocenters. The molecule has 2 fully saturated rings. The van der Waals surface area contributed by atoms with E-state index in [1.165, 1.54) is 24.3 Å². The van der Waals surface area contributed by atoms with Crippen LogP contribution >= 0.6 is 0 Å². The van der Waals surface area contributed by atoms with Crippen molar-refractivity contribution in [2.24, 2.45) is 5.92 Å². The fourth-order valence-corrected chi connectivity index (χ4v) is 4.91. The fourth-order valence-electron chi connectivity index (χ4n) is 4.91. The van der Waals surface area contributed by atoms with Gasteiger partial charge in [-0.2, -0.15) is 0 Å². The van der Waals surface area contributed by atoms with Crippen LogP contribution in [-0.4, -0.2) is 27.5 Å². The normalized spacial score (nSPS) is 32.4. The Morgan fingerprint density at radius 1 is 0.848 bits per heavy atom. The summed E-state index contributed by atoms with van der Waals surface area (Å²) < 4.78 is 25.9. The minimum absolute atomic E-state index is 0.152. The van der Waals surface area contributed by atoms with Gasteiger partial charge in [0.1, 0.15) is 5.82 Å².